The van der Waals surface area contributed by atoms with E-state index in [2.05, 4.69) is 41.2 Å². The first-order chi connectivity index (χ1) is 10.1. The Balaban J connectivity index is 1.71. The van der Waals surface area contributed by atoms with Gasteiger partial charge >= 0.3 is 0 Å². The first kappa shape index (κ1) is 16.8. The van der Waals surface area contributed by atoms with Crippen molar-refractivity contribution in [2.24, 2.45) is 5.92 Å². The van der Waals surface area contributed by atoms with Gasteiger partial charge in [-0.1, -0.05) is 41.8 Å². The summed E-state index contributed by atoms with van der Waals surface area (Å²) in [6.45, 7) is 5.23. The van der Waals surface area contributed by atoms with E-state index in [-0.39, 0.29) is 0 Å². The van der Waals surface area contributed by atoms with E-state index < -0.39 is 6.10 Å². The van der Waals surface area contributed by atoms with Gasteiger partial charge in [-0.25, -0.2) is 0 Å². The molecule has 1 aliphatic rings. The second kappa shape index (κ2) is 8.16. The minimum Gasteiger partial charge on any atom is -0.389 e. The van der Waals surface area contributed by atoms with Crippen molar-refractivity contribution in [3.05, 3.63) is 28.2 Å². The van der Waals surface area contributed by atoms with Gasteiger partial charge in [-0.2, -0.15) is 0 Å². The number of hydrogen-bond donors (Lipinski definition) is 2. The normalized spacial score (nSPS) is 23.8. The van der Waals surface area contributed by atoms with E-state index in [0.717, 1.165) is 16.6 Å². The highest BCUT2D eigenvalue weighted by Gasteiger charge is 2.22. The van der Waals surface area contributed by atoms with Crippen LogP contribution in [0.5, 0.6) is 0 Å². The molecule has 0 spiro atoms. The summed E-state index contributed by atoms with van der Waals surface area (Å²) >= 11 is 3.52. The third-order valence-electron chi connectivity index (χ3n) is 4.25. The Kier molecular flexibility index (Phi) is 6.52. The van der Waals surface area contributed by atoms with Gasteiger partial charge in [0.1, 0.15) is 0 Å². The summed E-state index contributed by atoms with van der Waals surface area (Å²) in [7, 11) is 0. The van der Waals surface area contributed by atoms with Gasteiger partial charge in [-0.3, -0.25) is 0 Å². The molecule has 0 bridgehead atoms. The van der Waals surface area contributed by atoms with Crippen LogP contribution < -0.4 is 5.32 Å². The molecule has 3 nitrogen and oxygen atoms in total. The van der Waals surface area contributed by atoms with Crippen molar-refractivity contribution in [3.63, 3.8) is 0 Å². The van der Waals surface area contributed by atoms with Gasteiger partial charge in [0.25, 0.3) is 0 Å². The Morgan fingerprint density at radius 2 is 2.14 bits per heavy atom. The Morgan fingerprint density at radius 1 is 1.38 bits per heavy atom. The van der Waals surface area contributed by atoms with Gasteiger partial charge < -0.3 is 15.2 Å². The van der Waals surface area contributed by atoms with Gasteiger partial charge in [0, 0.05) is 16.7 Å². The number of halogens is 1. The highest BCUT2D eigenvalue weighted by molar-refractivity contribution is 9.10. The van der Waals surface area contributed by atoms with Crippen LogP contribution in [-0.4, -0.2) is 30.5 Å². The topological polar surface area (TPSA) is 41.5 Å². The van der Waals surface area contributed by atoms with Gasteiger partial charge in [0.05, 0.1) is 18.8 Å². The summed E-state index contributed by atoms with van der Waals surface area (Å²) in [4.78, 5) is 0. The van der Waals surface area contributed by atoms with E-state index in [0.29, 0.717) is 25.2 Å². The lowest BCUT2D eigenvalue weighted by atomic mass is 9.88. The number of nitrogens with one attached hydrogen (secondary N) is 1. The van der Waals surface area contributed by atoms with Gasteiger partial charge in [0.2, 0.25) is 0 Å². The first-order valence-electron chi connectivity index (χ1n) is 7.86. The van der Waals surface area contributed by atoms with Crippen LogP contribution in [0.15, 0.2) is 22.7 Å². The third kappa shape index (κ3) is 5.28. The molecule has 1 aliphatic carbocycles. The fourth-order valence-corrected chi connectivity index (χ4v) is 3.14. The van der Waals surface area contributed by atoms with E-state index in [9.17, 15) is 5.11 Å². The Bertz CT molecular complexity index is 452. The maximum absolute atomic E-state index is 10.1. The third-order valence-corrected chi connectivity index (χ3v) is 5.10. The largest absolute Gasteiger partial charge is 0.389 e. The predicted molar refractivity (Wildman–Crippen MR) is 90.7 cm³/mol. The smallest absolute Gasteiger partial charge is 0.0945 e. The SMILES string of the molecule is Cc1ccc(NCC(O)COC2CCCCC2C)cc1Br. The summed E-state index contributed by atoms with van der Waals surface area (Å²) in [5.74, 6) is 0.618. The van der Waals surface area contributed by atoms with Crippen LogP contribution in [-0.2, 0) is 4.74 Å². The highest BCUT2D eigenvalue weighted by atomic mass is 79.9. The fraction of sp³-hybridized carbons (Fsp3) is 0.647. The van der Waals surface area contributed by atoms with Crippen molar-refractivity contribution in [1.29, 1.82) is 0 Å². The number of aliphatic hydroxyl groups excluding tert-OH is 1. The zero-order valence-corrected chi connectivity index (χ0v) is 14.5. The number of aliphatic hydroxyl groups is 1. The molecule has 0 aliphatic heterocycles. The number of hydrogen-bond acceptors (Lipinski definition) is 3. The fourth-order valence-electron chi connectivity index (χ4n) is 2.76. The number of anilines is 1. The molecule has 1 aromatic carbocycles. The molecular formula is C17H26BrNO2. The molecule has 0 aromatic heterocycles. The predicted octanol–water partition coefficient (Wildman–Crippen LogP) is 4.13. The molecule has 4 heteroatoms. The van der Waals surface area contributed by atoms with Crippen LogP contribution in [0.4, 0.5) is 5.69 Å². The molecule has 1 saturated carbocycles. The average Bonchev–Trinajstić information content (AvgIpc) is 2.47. The summed E-state index contributed by atoms with van der Waals surface area (Å²) in [5.41, 5.74) is 2.22. The van der Waals surface area contributed by atoms with Crippen molar-refractivity contribution in [2.75, 3.05) is 18.5 Å². The zero-order valence-electron chi connectivity index (χ0n) is 12.9. The Labute approximate surface area is 136 Å². The highest BCUT2D eigenvalue weighted by Crippen LogP contribution is 2.26. The van der Waals surface area contributed by atoms with Crippen molar-refractivity contribution in [3.8, 4) is 0 Å². The molecule has 1 aromatic rings. The van der Waals surface area contributed by atoms with Gasteiger partial charge in [0.15, 0.2) is 0 Å². The van der Waals surface area contributed by atoms with Gasteiger partial charge in [-0.05, 0) is 43.4 Å². The lowest BCUT2D eigenvalue weighted by Gasteiger charge is -2.29. The Hall–Kier alpha value is -0.580. The van der Waals surface area contributed by atoms with Crippen LogP contribution >= 0.6 is 15.9 Å². The summed E-state index contributed by atoms with van der Waals surface area (Å²) in [6.07, 6.45) is 4.79. The van der Waals surface area contributed by atoms with Crippen LogP contribution in [0.25, 0.3) is 0 Å². The molecule has 0 amide bonds. The molecule has 0 saturated heterocycles. The monoisotopic (exact) mass is 355 g/mol. The van der Waals surface area contributed by atoms with E-state index in [4.69, 9.17) is 4.74 Å². The minimum absolute atomic E-state index is 0.321. The molecule has 0 heterocycles. The molecule has 118 valence electrons. The van der Waals surface area contributed by atoms with Crippen molar-refractivity contribution < 1.29 is 9.84 Å². The van der Waals surface area contributed by atoms with Crippen molar-refractivity contribution in [2.45, 2.75) is 51.7 Å². The number of ether oxygens (including phenoxy) is 1. The van der Waals surface area contributed by atoms with Crippen LogP contribution in [0.2, 0.25) is 0 Å². The molecule has 2 N–H and O–H groups in total. The maximum Gasteiger partial charge on any atom is 0.0945 e. The number of aryl methyl sites for hydroxylation is 1. The average molecular weight is 356 g/mol. The van der Waals surface area contributed by atoms with E-state index in [1.54, 1.807) is 0 Å². The minimum atomic E-state index is -0.473. The quantitative estimate of drug-likeness (QED) is 0.806. The lowest BCUT2D eigenvalue weighted by Crippen LogP contribution is -2.32. The molecule has 0 radical (unpaired) electrons. The summed E-state index contributed by atoms with van der Waals surface area (Å²) in [6, 6.07) is 6.11. The van der Waals surface area contributed by atoms with Gasteiger partial charge in [-0.15, -0.1) is 0 Å². The van der Waals surface area contributed by atoms with E-state index >= 15 is 0 Å². The molecule has 21 heavy (non-hydrogen) atoms. The molecule has 1 fully saturated rings. The number of benzene rings is 1. The van der Waals surface area contributed by atoms with Crippen LogP contribution in [0.3, 0.4) is 0 Å². The summed E-state index contributed by atoms with van der Waals surface area (Å²) < 4.78 is 6.97. The van der Waals surface area contributed by atoms with E-state index in [1.807, 2.05) is 12.1 Å². The molecule has 3 atom stereocenters. The number of rotatable bonds is 6. The maximum atomic E-state index is 10.1. The molecule has 2 rings (SSSR count). The Morgan fingerprint density at radius 3 is 2.86 bits per heavy atom. The first-order valence-corrected chi connectivity index (χ1v) is 8.65. The molecular weight excluding hydrogens is 330 g/mol. The second-order valence-corrected chi connectivity index (χ2v) is 6.99. The van der Waals surface area contributed by atoms with Crippen LogP contribution in [0.1, 0.15) is 38.2 Å². The second-order valence-electron chi connectivity index (χ2n) is 6.13. The summed E-state index contributed by atoms with van der Waals surface area (Å²) in [5, 5.41) is 13.3. The van der Waals surface area contributed by atoms with Crippen molar-refractivity contribution >= 4 is 21.6 Å². The zero-order chi connectivity index (χ0) is 15.2. The van der Waals surface area contributed by atoms with Crippen LogP contribution in [0, 0.1) is 12.8 Å². The standard InChI is InChI=1S/C17H26BrNO2/c1-12-7-8-14(9-16(12)18)19-10-15(20)11-21-17-6-4-3-5-13(17)2/h7-9,13,15,17,19-20H,3-6,10-11H2,1-2H3. The van der Waals surface area contributed by atoms with Crippen molar-refractivity contribution in [1.82, 2.24) is 0 Å². The molecule has 3 unspecified atom stereocenters. The lowest BCUT2D eigenvalue weighted by molar-refractivity contribution is -0.0424. The van der Waals surface area contributed by atoms with E-state index in [1.165, 1.54) is 24.8 Å².